The van der Waals surface area contributed by atoms with Crippen molar-refractivity contribution in [2.45, 2.75) is 44.7 Å². The minimum Gasteiger partial charge on any atom is -0.343 e. The number of fused-ring (bicyclic) bond motifs is 1. The first-order valence-electron chi connectivity index (χ1n) is 11.0. The number of benzene rings is 1. The van der Waals surface area contributed by atoms with Gasteiger partial charge in [0.1, 0.15) is 0 Å². The van der Waals surface area contributed by atoms with Gasteiger partial charge in [-0.1, -0.05) is 56.0 Å². The summed E-state index contributed by atoms with van der Waals surface area (Å²) in [6, 6.07) is 8.05. The van der Waals surface area contributed by atoms with E-state index in [9.17, 15) is 13.2 Å². The Labute approximate surface area is 189 Å². The SMILES string of the molecule is CC.CCN1C2=C(CC=C/C(C(F)(F)F)=C\C2)Sc2ccccc21.CN1CCNCC1. The van der Waals surface area contributed by atoms with Gasteiger partial charge in [0, 0.05) is 54.6 Å². The van der Waals surface area contributed by atoms with E-state index in [-0.39, 0.29) is 0 Å². The predicted molar refractivity (Wildman–Crippen MR) is 127 cm³/mol. The maximum atomic E-state index is 12.9. The van der Waals surface area contributed by atoms with Crippen molar-refractivity contribution in [2.75, 3.05) is 44.7 Å². The molecule has 7 heteroatoms. The highest BCUT2D eigenvalue weighted by Crippen LogP contribution is 2.46. The third-order valence-corrected chi connectivity index (χ3v) is 6.35. The summed E-state index contributed by atoms with van der Waals surface area (Å²) in [6.07, 6.45) is 0.666. The van der Waals surface area contributed by atoms with E-state index < -0.39 is 11.7 Å². The Bertz CT molecular complexity index is 794. The number of para-hydroxylation sites is 1. The number of anilines is 1. The fourth-order valence-electron chi connectivity index (χ4n) is 3.55. The van der Waals surface area contributed by atoms with Crippen LogP contribution in [0.5, 0.6) is 0 Å². The summed E-state index contributed by atoms with van der Waals surface area (Å²) in [4.78, 5) is 6.76. The third kappa shape index (κ3) is 7.16. The van der Waals surface area contributed by atoms with Gasteiger partial charge in [-0.25, -0.2) is 0 Å². The average Bonchev–Trinajstić information content (AvgIpc) is 2.75. The molecule has 0 aromatic heterocycles. The number of nitrogens with one attached hydrogen (secondary N) is 1. The van der Waals surface area contributed by atoms with Crippen molar-refractivity contribution in [3.63, 3.8) is 0 Å². The smallest absolute Gasteiger partial charge is 0.343 e. The third-order valence-electron chi connectivity index (χ3n) is 5.14. The normalized spacial score (nSPS) is 20.6. The highest BCUT2D eigenvalue weighted by atomic mass is 32.2. The molecule has 1 fully saturated rings. The number of piperazine rings is 1. The molecule has 0 saturated carbocycles. The maximum Gasteiger partial charge on any atom is 0.416 e. The Morgan fingerprint density at radius 1 is 1.06 bits per heavy atom. The molecule has 0 unspecified atom stereocenters. The summed E-state index contributed by atoms with van der Waals surface area (Å²) in [6.45, 7) is 11.5. The van der Waals surface area contributed by atoms with Gasteiger partial charge in [-0.2, -0.15) is 13.2 Å². The minimum absolute atomic E-state index is 0.309. The molecular weight excluding hydrogens is 419 g/mol. The topological polar surface area (TPSA) is 18.5 Å². The first-order valence-corrected chi connectivity index (χ1v) is 11.8. The lowest BCUT2D eigenvalue weighted by molar-refractivity contribution is -0.0884. The molecule has 3 nitrogen and oxygen atoms in total. The van der Waals surface area contributed by atoms with Crippen molar-refractivity contribution in [3.05, 3.63) is 58.7 Å². The molecule has 2 aliphatic heterocycles. The summed E-state index contributed by atoms with van der Waals surface area (Å²) in [5.41, 5.74) is 1.51. The second-order valence-corrected chi connectivity index (χ2v) is 8.34. The fraction of sp³-hybridized carbons (Fsp3) is 0.500. The van der Waals surface area contributed by atoms with Crippen LogP contribution in [-0.2, 0) is 0 Å². The molecule has 1 N–H and O–H groups in total. The quantitative estimate of drug-likeness (QED) is 0.544. The number of allylic oxidation sites excluding steroid dienone is 5. The number of nitrogens with zero attached hydrogens (tertiary/aromatic N) is 2. The fourth-order valence-corrected chi connectivity index (χ4v) is 4.74. The van der Waals surface area contributed by atoms with Crippen molar-refractivity contribution in [1.82, 2.24) is 10.2 Å². The first-order chi connectivity index (χ1) is 14.9. The summed E-state index contributed by atoms with van der Waals surface area (Å²) in [7, 11) is 2.15. The van der Waals surface area contributed by atoms with Crippen molar-refractivity contribution in [3.8, 4) is 0 Å². The van der Waals surface area contributed by atoms with Gasteiger partial charge in [-0.05, 0) is 32.5 Å². The average molecular weight is 454 g/mol. The number of alkyl halides is 3. The zero-order chi connectivity index (χ0) is 22.9. The molecule has 4 rings (SSSR count). The minimum atomic E-state index is -4.29. The van der Waals surface area contributed by atoms with Crippen molar-refractivity contribution in [1.29, 1.82) is 0 Å². The second kappa shape index (κ2) is 12.4. The molecule has 0 radical (unpaired) electrons. The number of thioether (sulfide) groups is 1. The number of hydrogen-bond acceptors (Lipinski definition) is 4. The van der Waals surface area contributed by atoms with Crippen LogP contribution in [0.15, 0.2) is 63.6 Å². The predicted octanol–water partition coefficient (Wildman–Crippen LogP) is 6.22. The van der Waals surface area contributed by atoms with Crippen LogP contribution in [0.4, 0.5) is 18.9 Å². The zero-order valence-electron chi connectivity index (χ0n) is 18.9. The number of hydrogen-bond donors (Lipinski definition) is 1. The standard InChI is InChI=1S/C17H16F3NS.C5H12N2.C2H6/c1-2-21-13-7-3-4-8-15(13)22-16-9-5-6-12(17(18,19)20)10-11-14(16)21;1-7-4-2-6-3-5-7;1-2/h3-8,10H,2,9,11H2,1H3;6H,2-5H2,1H3;1-2H3/b6-5?,12-10+;;. The summed E-state index contributed by atoms with van der Waals surface area (Å²) in [5, 5.41) is 3.27. The van der Waals surface area contributed by atoms with Crippen LogP contribution in [-0.4, -0.2) is 50.8 Å². The highest BCUT2D eigenvalue weighted by Gasteiger charge is 2.33. The Kier molecular flexibility index (Phi) is 10.2. The Hall–Kier alpha value is -1.70. The van der Waals surface area contributed by atoms with E-state index >= 15 is 0 Å². The molecule has 31 heavy (non-hydrogen) atoms. The molecule has 1 aliphatic carbocycles. The van der Waals surface area contributed by atoms with E-state index in [1.165, 1.54) is 25.2 Å². The summed E-state index contributed by atoms with van der Waals surface area (Å²) in [5.74, 6) is 0. The molecular formula is C24H34F3N3S. The highest BCUT2D eigenvalue weighted by molar-refractivity contribution is 8.03. The van der Waals surface area contributed by atoms with E-state index in [1.54, 1.807) is 17.8 Å². The van der Waals surface area contributed by atoms with Crippen LogP contribution in [0, 0.1) is 0 Å². The van der Waals surface area contributed by atoms with E-state index in [0.717, 1.165) is 40.8 Å². The van der Waals surface area contributed by atoms with Gasteiger partial charge in [0.15, 0.2) is 0 Å². The van der Waals surface area contributed by atoms with E-state index in [1.807, 2.05) is 39.0 Å². The van der Waals surface area contributed by atoms with Gasteiger partial charge < -0.3 is 15.1 Å². The van der Waals surface area contributed by atoms with Crippen LogP contribution in [0.25, 0.3) is 0 Å². The van der Waals surface area contributed by atoms with E-state index in [4.69, 9.17) is 0 Å². The molecule has 0 amide bonds. The largest absolute Gasteiger partial charge is 0.416 e. The van der Waals surface area contributed by atoms with Crippen LogP contribution < -0.4 is 10.2 Å². The van der Waals surface area contributed by atoms with Gasteiger partial charge in [-0.15, -0.1) is 0 Å². The molecule has 2 heterocycles. The van der Waals surface area contributed by atoms with Crippen LogP contribution in [0.3, 0.4) is 0 Å². The summed E-state index contributed by atoms with van der Waals surface area (Å²) >= 11 is 1.67. The lowest BCUT2D eigenvalue weighted by Crippen LogP contribution is -2.40. The molecule has 3 aliphatic rings. The van der Waals surface area contributed by atoms with Crippen molar-refractivity contribution < 1.29 is 13.2 Å². The molecule has 172 valence electrons. The molecule has 1 aromatic rings. The Balaban J connectivity index is 0.000000319. The second-order valence-electron chi connectivity index (χ2n) is 7.21. The van der Waals surface area contributed by atoms with E-state index in [0.29, 0.717) is 12.8 Å². The van der Waals surface area contributed by atoms with Gasteiger partial charge in [0.05, 0.1) is 11.3 Å². The molecule has 0 atom stereocenters. The van der Waals surface area contributed by atoms with Gasteiger partial charge in [0.25, 0.3) is 0 Å². The number of rotatable bonds is 1. The van der Waals surface area contributed by atoms with Gasteiger partial charge in [0.2, 0.25) is 0 Å². The van der Waals surface area contributed by atoms with Gasteiger partial charge >= 0.3 is 6.18 Å². The Morgan fingerprint density at radius 3 is 2.32 bits per heavy atom. The maximum absolute atomic E-state index is 12.9. The number of halogens is 3. The van der Waals surface area contributed by atoms with Crippen LogP contribution >= 0.6 is 11.8 Å². The molecule has 1 saturated heterocycles. The van der Waals surface area contributed by atoms with Gasteiger partial charge in [-0.3, -0.25) is 0 Å². The molecule has 0 bridgehead atoms. The lowest BCUT2D eigenvalue weighted by Gasteiger charge is -2.34. The summed E-state index contributed by atoms with van der Waals surface area (Å²) < 4.78 is 38.8. The van der Waals surface area contributed by atoms with E-state index in [2.05, 4.69) is 28.2 Å². The van der Waals surface area contributed by atoms with Crippen molar-refractivity contribution >= 4 is 17.4 Å². The molecule has 1 aromatic carbocycles. The van der Waals surface area contributed by atoms with Crippen LogP contribution in [0.2, 0.25) is 0 Å². The van der Waals surface area contributed by atoms with Crippen molar-refractivity contribution in [2.24, 2.45) is 0 Å². The Morgan fingerprint density at radius 2 is 1.74 bits per heavy atom. The lowest BCUT2D eigenvalue weighted by atomic mass is 10.1. The monoisotopic (exact) mass is 453 g/mol. The van der Waals surface area contributed by atoms with Crippen LogP contribution in [0.1, 0.15) is 33.6 Å². The molecule has 0 spiro atoms. The first kappa shape index (κ1) is 25.6. The zero-order valence-corrected chi connectivity index (χ0v) is 19.7. The number of likely N-dealkylation sites (N-methyl/N-ethyl adjacent to an activating group) is 1.